The number of fused-ring (bicyclic) bond motifs is 1. The van der Waals surface area contributed by atoms with Crippen molar-refractivity contribution < 1.29 is 27.5 Å². The number of anilines is 1. The van der Waals surface area contributed by atoms with Crippen LogP contribution in [0.25, 0.3) is 0 Å². The summed E-state index contributed by atoms with van der Waals surface area (Å²) in [5.41, 5.74) is 0.333. The molecule has 0 aliphatic carbocycles. The van der Waals surface area contributed by atoms with E-state index < -0.39 is 21.7 Å². The molecule has 0 saturated carbocycles. The van der Waals surface area contributed by atoms with Crippen LogP contribution in [0.4, 0.5) is 5.69 Å². The van der Waals surface area contributed by atoms with Crippen LogP contribution in [0.15, 0.2) is 47.4 Å². The van der Waals surface area contributed by atoms with E-state index in [0.29, 0.717) is 16.5 Å². The Morgan fingerprint density at radius 1 is 1.06 bits per heavy atom. The van der Waals surface area contributed by atoms with E-state index in [1.165, 1.54) is 27.4 Å². The second kappa shape index (κ2) is 8.29. The number of ketones is 1. The molecule has 2 aliphatic rings. The molecule has 0 aromatic heterocycles. The first-order valence-electron chi connectivity index (χ1n) is 9.42. The summed E-state index contributed by atoms with van der Waals surface area (Å²) < 4.78 is 32.6. The number of nitrogens with zero attached hydrogens (tertiary/aromatic N) is 2. The fraction of sp³-hybridized carbons (Fsp3) is 0.250. The summed E-state index contributed by atoms with van der Waals surface area (Å²) in [7, 11) is -3.88. The molecule has 2 amide bonds. The van der Waals surface area contributed by atoms with Crippen LogP contribution in [0.3, 0.4) is 0 Å². The van der Waals surface area contributed by atoms with Gasteiger partial charge in [-0.1, -0.05) is 23.7 Å². The molecule has 11 heteroatoms. The molecule has 9 nitrogen and oxygen atoms in total. The van der Waals surface area contributed by atoms with Crippen molar-refractivity contribution in [1.82, 2.24) is 9.21 Å². The Morgan fingerprint density at radius 3 is 2.48 bits per heavy atom. The number of sulfonamides is 1. The van der Waals surface area contributed by atoms with Gasteiger partial charge in [-0.2, -0.15) is 4.31 Å². The molecular formula is C20H18ClN3O6S. The number of Topliss-reactive ketones (excluding diaryl/α,β-unsaturated/α-hetero) is 1. The van der Waals surface area contributed by atoms with E-state index in [-0.39, 0.29) is 49.2 Å². The second-order valence-corrected chi connectivity index (χ2v) is 9.34. The summed E-state index contributed by atoms with van der Waals surface area (Å²) in [5.74, 6) is -1.42. The van der Waals surface area contributed by atoms with Crippen molar-refractivity contribution in [3.8, 4) is 5.75 Å². The molecular weight excluding hydrogens is 446 g/mol. The molecule has 162 valence electrons. The van der Waals surface area contributed by atoms with Gasteiger partial charge >= 0.3 is 0 Å². The molecule has 1 N–H and O–H groups in total. The molecule has 0 unspecified atom stereocenters. The first-order valence-corrected chi connectivity index (χ1v) is 11.2. The van der Waals surface area contributed by atoms with Crippen LogP contribution in [0.1, 0.15) is 10.4 Å². The van der Waals surface area contributed by atoms with Crippen molar-refractivity contribution in [1.29, 1.82) is 0 Å². The number of nitrogens with one attached hydrogen (secondary N) is 1. The highest BCUT2D eigenvalue weighted by Gasteiger charge is 2.33. The van der Waals surface area contributed by atoms with Gasteiger partial charge in [0.25, 0.3) is 17.6 Å². The van der Waals surface area contributed by atoms with Gasteiger partial charge in [0.1, 0.15) is 5.75 Å². The van der Waals surface area contributed by atoms with Gasteiger partial charge in [-0.05, 0) is 30.3 Å². The zero-order valence-electron chi connectivity index (χ0n) is 16.2. The standard InChI is InChI=1S/C20H18ClN3O6S/c21-15-3-1-2-4-17(15)30-12-18(25)23-7-9-24(10-8-23)31(28,29)13-5-6-16-14(11-13)19(26)20(27)22-16/h1-6,11H,7-10,12H2,(H,22,26,27). The molecule has 0 bridgehead atoms. The van der Waals surface area contributed by atoms with Crippen molar-refractivity contribution >= 4 is 44.9 Å². The van der Waals surface area contributed by atoms with Crippen LogP contribution in [-0.2, 0) is 19.6 Å². The zero-order chi connectivity index (χ0) is 22.2. The quantitative estimate of drug-likeness (QED) is 0.670. The Bertz CT molecular complexity index is 1180. The summed E-state index contributed by atoms with van der Waals surface area (Å²) in [4.78, 5) is 37.2. The van der Waals surface area contributed by atoms with Crippen molar-refractivity contribution in [2.45, 2.75) is 4.90 Å². The maximum absolute atomic E-state index is 13.0. The number of amides is 2. The summed E-state index contributed by atoms with van der Waals surface area (Å²) >= 11 is 6.01. The molecule has 1 fully saturated rings. The van der Waals surface area contributed by atoms with Crippen LogP contribution in [0.5, 0.6) is 5.75 Å². The van der Waals surface area contributed by atoms with Crippen LogP contribution in [0.2, 0.25) is 5.02 Å². The highest BCUT2D eigenvalue weighted by atomic mass is 35.5. The number of halogens is 1. The molecule has 4 rings (SSSR count). The largest absolute Gasteiger partial charge is 0.482 e. The van der Waals surface area contributed by atoms with Gasteiger partial charge in [0.05, 0.1) is 21.2 Å². The van der Waals surface area contributed by atoms with Gasteiger partial charge in [-0.25, -0.2) is 8.42 Å². The maximum Gasteiger partial charge on any atom is 0.296 e. The third kappa shape index (κ3) is 4.14. The molecule has 1 saturated heterocycles. The average molecular weight is 464 g/mol. The van der Waals surface area contributed by atoms with Gasteiger partial charge in [-0.15, -0.1) is 0 Å². The predicted molar refractivity (Wildman–Crippen MR) is 112 cm³/mol. The number of piperazine rings is 1. The number of ether oxygens (including phenoxy) is 1. The van der Waals surface area contributed by atoms with E-state index in [9.17, 15) is 22.8 Å². The first kappa shape index (κ1) is 21.3. The molecule has 0 radical (unpaired) electrons. The molecule has 0 spiro atoms. The number of carbonyl (C=O) groups is 3. The minimum absolute atomic E-state index is 0.0385. The average Bonchev–Trinajstić information content (AvgIpc) is 3.06. The number of hydrogen-bond donors (Lipinski definition) is 1. The number of carbonyl (C=O) groups excluding carboxylic acids is 3. The van der Waals surface area contributed by atoms with E-state index in [1.54, 1.807) is 24.3 Å². The summed E-state index contributed by atoms with van der Waals surface area (Å²) in [6.07, 6.45) is 0. The fourth-order valence-corrected chi connectivity index (χ4v) is 5.04. The summed E-state index contributed by atoms with van der Waals surface area (Å²) in [6, 6.07) is 10.8. The Kier molecular flexibility index (Phi) is 5.69. The van der Waals surface area contributed by atoms with Gasteiger partial charge in [0.2, 0.25) is 10.0 Å². The van der Waals surface area contributed by atoms with Crippen LogP contribution in [0, 0.1) is 0 Å². The van der Waals surface area contributed by atoms with E-state index in [2.05, 4.69) is 5.32 Å². The molecule has 2 heterocycles. The molecule has 2 aliphatic heterocycles. The Morgan fingerprint density at radius 2 is 1.77 bits per heavy atom. The topological polar surface area (TPSA) is 113 Å². The predicted octanol–water partition coefficient (Wildman–Crippen LogP) is 1.39. The van der Waals surface area contributed by atoms with Crippen molar-refractivity contribution in [3.63, 3.8) is 0 Å². The van der Waals surface area contributed by atoms with Crippen LogP contribution in [-0.4, -0.2) is 68.0 Å². The number of para-hydroxylation sites is 1. The number of hydrogen-bond acceptors (Lipinski definition) is 6. The molecule has 2 aromatic carbocycles. The third-order valence-corrected chi connectivity index (χ3v) is 7.31. The normalized spacial score (nSPS) is 16.7. The highest BCUT2D eigenvalue weighted by molar-refractivity contribution is 7.89. The van der Waals surface area contributed by atoms with Crippen molar-refractivity contribution in [3.05, 3.63) is 53.1 Å². The highest BCUT2D eigenvalue weighted by Crippen LogP contribution is 2.28. The zero-order valence-corrected chi connectivity index (χ0v) is 17.8. The molecule has 0 atom stereocenters. The van der Waals surface area contributed by atoms with Crippen LogP contribution < -0.4 is 10.1 Å². The van der Waals surface area contributed by atoms with Gasteiger partial charge < -0.3 is 15.0 Å². The van der Waals surface area contributed by atoms with Crippen molar-refractivity contribution in [2.24, 2.45) is 0 Å². The van der Waals surface area contributed by atoms with Crippen molar-refractivity contribution in [2.75, 3.05) is 38.1 Å². The fourth-order valence-electron chi connectivity index (χ4n) is 3.40. The maximum atomic E-state index is 13.0. The first-order chi connectivity index (χ1) is 14.8. The summed E-state index contributed by atoms with van der Waals surface area (Å²) in [6.45, 7) is 0.400. The number of benzene rings is 2. The Hall–Kier alpha value is -2.95. The molecule has 31 heavy (non-hydrogen) atoms. The van der Waals surface area contributed by atoms with Crippen LogP contribution >= 0.6 is 11.6 Å². The molecule has 2 aromatic rings. The minimum Gasteiger partial charge on any atom is -0.482 e. The van der Waals surface area contributed by atoms with Gasteiger partial charge in [0.15, 0.2) is 6.61 Å². The van der Waals surface area contributed by atoms with E-state index in [0.717, 1.165) is 0 Å². The lowest BCUT2D eigenvalue weighted by molar-refractivity contribution is -0.134. The lowest BCUT2D eigenvalue weighted by Gasteiger charge is -2.34. The monoisotopic (exact) mass is 463 g/mol. The smallest absolute Gasteiger partial charge is 0.296 e. The van der Waals surface area contributed by atoms with Gasteiger partial charge in [0, 0.05) is 26.2 Å². The minimum atomic E-state index is -3.88. The van der Waals surface area contributed by atoms with E-state index >= 15 is 0 Å². The summed E-state index contributed by atoms with van der Waals surface area (Å²) in [5, 5.41) is 2.79. The second-order valence-electron chi connectivity index (χ2n) is 6.99. The van der Waals surface area contributed by atoms with E-state index in [4.69, 9.17) is 16.3 Å². The third-order valence-electron chi connectivity index (χ3n) is 5.11. The lowest BCUT2D eigenvalue weighted by Crippen LogP contribution is -2.51. The SMILES string of the molecule is O=C1Nc2ccc(S(=O)(=O)N3CCN(C(=O)COc4ccccc4Cl)CC3)cc2C1=O. The number of rotatable bonds is 5. The lowest BCUT2D eigenvalue weighted by atomic mass is 10.1. The van der Waals surface area contributed by atoms with Gasteiger partial charge in [-0.3, -0.25) is 14.4 Å². The van der Waals surface area contributed by atoms with E-state index in [1.807, 2.05) is 0 Å². The Labute approximate surface area is 183 Å². The Balaban J connectivity index is 1.38.